The molecule has 0 aliphatic heterocycles. The summed E-state index contributed by atoms with van der Waals surface area (Å²) in [7, 11) is 0. The zero-order chi connectivity index (χ0) is 10.0. The number of aliphatic hydroxyl groups excluding tert-OH is 1. The van der Waals surface area contributed by atoms with Crippen LogP contribution in [-0.4, -0.2) is 16.3 Å². The molecular formula is C9H12FNO2. The molecule has 13 heavy (non-hydrogen) atoms. The Kier molecular flexibility index (Phi) is 2.85. The molecule has 4 heteroatoms. The van der Waals surface area contributed by atoms with Gasteiger partial charge in [-0.2, -0.15) is 0 Å². The van der Waals surface area contributed by atoms with Crippen molar-refractivity contribution in [2.75, 3.05) is 0 Å². The first-order valence-corrected chi connectivity index (χ1v) is 3.94. The minimum absolute atomic E-state index is 0.228. The molecule has 0 aliphatic rings. The molecule has 72 valence electrons. The molecule has 0 heterocycles. The lowest BCUT2D eigenvalue weighted by Crippen LogP contribution is -2.23. The van der Waals surface area contributed by atoms with Crippen molar-refractivity contribution < 1.29 is 14.6 Å². The van der Waals surface area contributed by atoms with Crippen molar-refractivity contribution >= 4 is 0 Å². The monoisotopic (exact) mass is 185 g/mol. The fourth-order valence-electron chi connectivity index (χ4n) is 1.06. The second-order valence-corrected chi connectivity index (χ2v) is 2.97. The van der Waals surface area contributed by atoms with Gasteiger partial charge in [-0.1, -0.05) is 6.07 Å². The standard InChI is InChI=1S/C9H12FNO2/c1-5(12)9(11)7-3-2-6(10)4-8(7)13/h2-5,9,12-13H,11H2,1H3/t5?,9-/m0/s1. The van der Waals surface area contributed by atoms with Crippen molar-refractivity contribution in [1.82, 2.24) is 0 Å². The van der Waals surface area contributed by atoms with Gasteiger partial charge >= 0.3 is 0 Å². The Bertz CT molecular complexity index is 302. The highest BCUT2D eigenvalue weighted by atomic mass is 19.1. The Hall–Kier alpha value is -1.13. The van der Waals surface area contributed by atoms with Crippen LogP contribution in [-0.2, 0) is 0 Å². The minimum Gasteiger partial charge on any atom is -0.508 e. The van der Waals surface area contributed by atoms with Crippen molar-refractivity contribution in [2.45, 2.75) is 19.1 Å². The number of phenols is 1. The van der Waals surface area contributed by atoms with Crippen molar-refractivity contribution in [3.05, 3.63) is 29.6 Å². The van der Waals surface area contributed by atoms with Crippen LogP contribution in [0.2, 0.25) is 0 Å². The maximum Gasteiger partial charge on any atom is 0.126 e. The summed E-state index contributed by atoms with van der Waals surface area (Å²) in [4.78, 5) is 0. The van der Waals surface area contributed by atoms with E-state index in [0.717, 1.165) is 6.07 Å². The molecule has 0 aromatic heterocycles. The molecule has 0 saturated heterocycles. The highest BCUT2D eigenvalue weighted by molar-refractivity contribution is 5.35. The third kappa shape index (κ3) is 2.17. The van der Waals surface area contributed by atoms with Gasteiger partial charge in [0.1, 0.15) is 11.6 Å². The summed E-state index contributed by atoms with van der Waals surface area (Å²) >= 11 is 0. The average Bonchev–Trinajstić information content (AvgIpc) is 2.03. The number of benzene rings is 1. The van der Waals surface area contributed by atoms with Crippen LogP contribution in [0.4, 0.5) is 4.39 Å². The zero-order valence-corrected chi connectivity index (χ0v) is 7.24. The summed E-state index contributed by atoms with van der Waals surface area (Å²) in [5.41, 5.74) is 5.90. The van der Waals surface area contributed by atoms with E-state index in [4.69, 9.17) is 10.8 Å². The maximum atomic E-state index is 12.5. The molecule has 1 aromatic rings. The number of nitrogens with two attached hydrogens (primary N) is 1. The molecular weight excluding hydrogens is 173 g/mol. The van der Waals surface area contributed by atoms with E-state index in [1.165, 1.54) is 19.1 Å². The predicted octanol–water partition coefficient (Wildman–Crippen LogP) is 0.912. The van der Waals surface area contributed by atoms with Gasteiger partial charge in [0.25, 0.3) is 0 Å². The molecule has 2 atom stereocenters. The zero-order valence-electron chi connectivity index (χ0n) is 7.24. The van der Waals surface area contributed by atoms with Gasteiger partial charge < -0.3 is 15.9 Å². The number of rotatable bonds is 2. The normalized spacial score (nSPS) is 15.4. The first-order valence-electron chi connectivity index (χ1n) is 3.94. The second kappa shape index (κ2) is 3.72. The molecule has 1 aromatic carbocycles. The predicted molar refractivity (Wildman–Crippen MR) is 46.7 cm³/mol. The number of halogens is 1. The molecule has 0 aliphatic carbocycles. The third-order valence-electron chi connectivity index (χ3n) is 1.87. The Morgan fingerprint density at radius 2 is 2.08 bits per heavy atom. The molecule has 0 bridgehead atoms. The maximum absolute atomic E-state index is 12.5. The fraction of sp³-hybridized carbons (Fsp3) is 0.333. The van der Waals surface area contributed by atoms with Crippen LogP contribution in [0.1, 0.15) is 18.5 Å². The van der Waals surface area contributed by atoms with Crippen LogP contribution in [0, 0.1) is 5.82 Å². The molecule has 0 spiro atoms. The molecule has 3 nitrogen and oxygen atoms in total. The molecule has 4 N–H and O–H groups in total. The number of phenolic OH excluding ortho intramolecular Hbond substituents is 1. The third-order valence-corrected chi connectivity index (χ3v) is 1.87. The highest BCUT2D eigenvalue weighted by Gasteiger charge is 2.15. The van der Waals surface area contributed by atoms with Crippen LogP contribution in [0.25, 0.3) is 0 Å². The SMILES string of the molecule is CC(O)[C@H](N)c1ccc(F)cc1O. The van der Waals surface area contributed by atoms with Gasteiger partial charge in [0.15, 0.2) is 0 Å². The summed E-state index contributed by atoms with van der Waals surface area (Å²) in [6.45, 7) is 1.51. The Morgan fingerprint density at radius 3 is 2.54 bits per heavy atom. The Morgan fingerprint density at radius 1 is 1.46 bits per heavy atom. The molecule has 0 saturated carbocycles. The van der Waals surface area contributed by atoms with Gasteiger partial charge in [-0.05, 0) is 13.0 Å². The molecule has 0 fully saturated rings. The van der Waals surface area contributed by atoms with Crippen LogP contribution in [0.5, 0.6) is 5.75 Å². The Labute approximate surface area is 75.6 Å². The van der Waals surface area contributed by atoms with Gasteiger partial charge in [0.05, 0.1) is 12.1 Å². The lowest BCUT2D eigenvalue weighted by molar-refractivity contribution is 0.162. The summed E-state index contributed by atoms with van der Waals surface area (Å²) in [5, 5.41) is 18.4. The van der Waals surface area contributed by atoms with E-state index in [1.807, 2.05) is 0 Å². The minimum atomic E-state index is -0.781. The average molecular weight is 185 g/mol. The van der Waals surface area contributed by atoms with E-state index in [-0.39, 0.29) is 5.75 Å². The summed E-state index contributed by atoms with van der Waals surface area (Å²) in [6, 6.07) is 2.83. The quantitative estimate of drug-likeness (QED) is 0.641. The van der Waals surface area contributed by atoms with Crippen molar-refractivity contribution in [2.24, 2.45) is 5.73 Å². The lowest BCUT2D eigenvalue weighted by atomic mass is 10.0. The van der Waals surface area contributed by atoms with E-state index < -0.39 is 18.0 Å². The first-order chi connectivity index (χ1) is 6.02. The van der Waals surface area contributed by atoms with E-state index in [0.29, 0.717) is 5.56 Å². The van der Waals surface area contributed by atoms with Gasteiger partial charge in [0, 0.05) is 11.6 Å². The van der Waals surface area contributed by atoms with Gasteiger partial charge in [-0.25, -0.2) is 4.39 Å². The number of hydrogen-bond donors (Lipinski definition) is 3. The molecule has 0 radical (unpaired) electrons. The summed E-state index contributed by atoms with van der Waals surface area (Å²) in [5.74, 6) is -0.757. The van der Waals surface area contributed by atoms with E-state index in [9.17, 15) is 9.50 Å². The molecule has 1 unspecified atom stereocenters. The summed E-state index contributed by atoms with van der Waals surface area (Å²) < 4.78 is 12.5. The highest BCUT2D eigenvalue weighted by Crippen LogP contribution is 2.25. The molecule has 1 rings (SSSR count). The van der Waals surface area contributed by atoms with Gasteiger partial charge in [0.2, 0.25) is 0 Å². The Balaban J connectivity index is 3.01. The van der Waals surface area contributed by atoms with Gasteiger partial charge in [-0.15, -0.1) is 0 Å². The number of aromatic hydroxyl groups is 1. The van der Waals surface area contributed by atoms with Crippen LogP contribution in [0.3, 0.4) is 0 Å². The lowest BCUT2D eigenvalue weighted by Gasteiger charge is -2.16. The van der Waals surface area contributed by atoms with Crippen LogP contribution in [0.15, 0.2) is 18.2 Å². The summed E-state index contributed by atoms with van der Waals surface area (Å²) in [6.07, 6.45) is -0.781. The van der Waals surface area contributed by atoms with E-state index in [1.54, 1.807) is 0 Å². The molecule has 0 amide bonds. The van der Waals surface area contributed by atoms with Gasteiger partial charge in [-0.3, -0.25) is 0 Å². The van der Waals surface area contributed by atoms with Crippen molar-refractivity contribution in [3.8, 4) is 5.75 Å². The fourth-order valence-corrected chi connectivity index (χ4v) is 1.06. The van der Waals surface area contributed by atoms with E-state index in [2.05, 4.69) is 0 Å². The smallest absolute Gasteiger partial charge is 0.126 e. The number of hydrogen-bond acceptors (Lipinski definition) is 3. The van der Waals surface area contributed by atoms with Crippen molar-refractivity contribution in [1.29, 1.82) is 0 Å². The number of aliphatic hydroxyl groups is 1. The topological polar surface area (TPSA) is 66.5 Å². The first kappa shape index (κ1) is 9.95. The largest absolute Gasteiger partial charge is 0.508 e. The van der Waals surface area contributed by atoms with Crippen molar-refractivity contribution in [3.63, 3.8) is 0 Å². The van der Waals surface area contributed by atoms with E-state index >= 15 is 0 Å². The van der Waals surface area contributed by atoms with Crippen LogP contribution < -0.4 is 5.73 Å². The van der Waals surface area contributed by atoms with Crippen LogP contribution >= 0.6 is 0 Å². The second-order valence-electron chi connectivity index (χ2n) is 2.97.